The van der Waals surface area contributed by atoms with Crippen LogP contribution in [-0.4, -0.2) is 63.0 Å². The molecular formula is C34H37N5O4S. The largest absolute Gasteiger partial charge is 0.497 e. The lowest BCUT2D eigenvalue weighted by Crippen LogP contribution is -2.41. The molecule has 1 aliphatic heterocycles. The third-order valence-corrected chi connectivity index (χ3v) is 9.20. The first-order valence-electron chi connectivity index (χ1n) is 15.0. The number of carbonyl (C=O) groups is 1. The number of para-hydroxylation sites is 2. The van der Waals surface area contributed by atoms with E-state index in [1.807, 2.05) is 70.1 Å². The van der Waals surface area contributed by atoms with Crippen molar-refractivity contribution in [1.82, 2.24) is 24.0 Å². The Hall–Kier alpha value is -4.44. The average Bonchev–Trinajstić information content (AvgIpc) is 3.60. The van der Waals surface area contributed by atoms with E-state index in [2.05, 4.69) is 28.6 Å². The van der Waals surface area contributed by atoms with Crippen molar-refractivity contribution in [3.05, 3.63) is 83.3 Å². The molecule has 1 aliphatic rings. The number of aromatic amines is 1. The van der Waals surface area contributed by atoms with Crippen LogP contribution in [0.5, 0.6) is 11.5 Å². The maximum Gasteiger partial charge on any atom is 0.326 e. The Morgan fingerprint density at radius 2 is 1.57 bits per heavy atom. The number of carbonyl (C=O) groups excluding carboxylic acids is 1. The van der Waals surface area contributed by atoms with Gasteiger partial charge in [0.1, 0.15) is 11.5 Å². The summed E-state index contributed by atoms with van der Waals surface area (Å²) < 4.78 is 14.9. The summed E-state index contributed by atoms with van der Waals surface area (Å²) in [5.41, 5.74) is 5.57. The predicted octanol–water partition coefficient (Wildman–Crippen LogP) is 6.24. The highest BCUT2D eigenvalue weighted by molar-refractivity contribution is 7.99. The van der Waals surface area contributed by atoms with Gasteiger partial charge < -0.3 is 23.9 Å². The van der Waals surface area contributed by atoms with Crippen LogP contribution in [-0.2, 0) is 11.3 Å². The molecule has 5 aromatic rings. The van der Waals surface area contributed by atoms with E-state index < -0.39 is 0 Å². The van der Waals surface area contributed by atoms with Crippen molar-refractivity contribution < 1.29 is 14.3 Å². The van der Waals surface area contributed by atoms with Gasteiger partial charge in [0.05, 0.1) is 42.4 Å². The van der Waals surface area contributed by atoms with Gasteiger partial charge in [-0.15, -0.1) is 0 Å². The number of hydrogen-bond donors (Lipinski definition) is 1. The Balaban J connectivity index is 1.22. The number of fused-ring (bicyclic) bond motifs is 1. The van der Waals surface area contributed by atoms with Gasteiger partial charge in [0.15, 0.2) is 5.16 Å². The van der Waals surface area contributed by atoms with Crippen molar-refractivity contribution in [2.24, 2.45) is 0 Å². The van der Waals surface area contributed by atoms with E-state index >= 15 is 0 Å². The van der Waals surface area contributed by atoms with E-state index in [0.29, 0.717) is 18.8 Å². The normalized spacial score (nSPS) is 13.8. The maximum absolute atomic E-state index is 13.5. The van der Waals surface area contributed by atoms with Crippen molar-refractivity contribution in [3.63, 3.8) is 0 Å². The third-order valence-electron chi connectivity index (χ3n) is 8.24. The lowest BCUT2D eigenvalue weighted by atomic mass is 10.0. The van der Waals surface area contributed by atoms with Crippen LogP contribution in [0.25, 0.3) is 33.5 Å². The first-order chi connectivity index (χ1) is 21.5. The van der Waals surface area contributed by atoms with Gasteiger partial charge in [0.2, 0.25) is 5.91 Å². The maximum atomic E-state index is 13.5. The standard InChI is InChI=1S/C34H37N5O4S/c1-4-19-38-32(24-11-15-27(43-3)16-12-24)31(23-9-13-26(42-2)14-10-23)36-34(38)44-22-30(40)37-20-17-25(18-21-37)39-29-8-6-5-7-28(29)35-33(39)41/h5-16,25H,4,17-22H2,1-3H3,(H,35,41). The lowest BCUT2D eigenvalue weighted by molar-refractivity contribution is -0.129. The van der Waals surface area contributed by atoms with Gasteiger partial charge in [-0.2, -0.15) is 0 Å². The number of benzene rings is 3. The molecule has 2 aromatic heterocycles. The smallest absolute Gasteiger partial charge is 0.326 e. The summed E-state index contributed by atoms with van der Waals surface area (Å²) in [6.07, 6.45) is 2.40. The SMILES string of the molecule is CCCn1c(SCC(=O)N2CCC(n3c(=O)[nH]c4ccccc43)CC2)nc(-c2ccc(OC)cc2)c1-c1ccc(OC)cc1. The fraction of sp³-hybridized carbons (Fsp3) is 0.324. The summed E-state index contributed by atoms with van der Waals surface area (Å²) in [6, 6.07) is 23.8. The van der Waals surface area contributed by atoms with Gasteiger partial charge in [-0.3, -0.25) is 9.36 Å². The van der Waals surface area contributed by atoms with Crippen LogP contribution in [0.2, 0.25) is 0 Å². The number of amides is 1. The number of imidazole rings is 2. The third kappa shape index (κ3) is 5.86. The van der Waals surface area contributed by atoms with Crippen molar-refractivity contribution in [2.45, 2.75) is 43.9 Å². The van der Waals surface area contributed by atoms with Crippen LogP contribution >= 0.6 is 11.8 Å². The molecule has 6 rings (SSSR count). The van der Waals surface area contributed by atoms with Crippen molar-refractivity contribution in [2.75, 3.05) is 33.1 Å². The highest BCUT2D eigenvalue weighted by Gasteiger charge is 2.27. The van der Waals surface area contributed by atoms with E-state index in [1.54, 1.807) is 14.2 Å². The van der Waals surface area contributed by atoms with Gasteiger partial charge in [-0.05, 0) is 79.9 Å². The van der Waals surface area contributed by atoms with Gasteiger partial charge in [-0.1, -0.05) is 30.8 Å². The molecule has 1 N–H and O–H groups in total. The number of methoxy groups -OCH3 is 2. The van der Waals surface area contributed by atoms with Gasteiger partial charge in [-0.25, -0.2) is 9.78 Å². The summed E-state index contributed by atoms with van der Waals surface area (Å²) in [6.45, 7) is 4.15. The molecule has 0 atom stereocenters. The van der Waals surface area contributed by atoms with E-state index in [9.17, 15) is 9.59 Å². The number of rotatable bonds is 10. The monoisotopic (exact) mass is 611 g/mol. The molecule has 0 spiro atoms. The molecule has 10 heteroatoms. The Morgan fingerprint density at radius 1 is 0.932 bits per heavy atom. The predicted molar refractivity (Wildman–Crippen MR) is 175 cm³/mol. The molecule has 0 radical (unpaired) electrons. The molecule has 3 aromatic carbocycles. The number of nitrogens with one attached hydrogen (secondary N) is 1. The second-order valence-corrected chi connectivity index (χ2v) is 11.9. The summed E-state index contributed by atoms with van der Waals surface area (Å²) in [4.78, 5) is 36.1. The van der Waals surface area contributed by atoms with Crippen LogP contribution < -0.4 is 15.2 Å². The minimum absolute atomic E-state index is 0.0675. The molecule has 0 unspecified atom stereocenters. The van der Waals surface area contributed by atoms with E-state index in [4.69, 9.17) is 14.5 Å². The molecule has 1 saturated heterocycles. The zero-order valence-corrected chi connectivity index (χ0v) is 26.1. The number of hydrogen-bond acceptors (Lipinski definition) is 6. The lowest BCUT2D eigenvalue weighted by Gasteiger charge is -2.32. The summed E-state index contributed by atoms with van der Waals surface area (Å²) in [5.74, 6) is 1.96. The van der Waals surface area contributed by atoms with E-state index in [1.165, 1.54) is 11.8 Å². The number of aromatic nitrogens is 4. The van der Waals surface area contributed by atoms with Crippen LogP contribution in [0.15, 0.2) is 82.7 Å². The molecule has 44 heavy (non-hydrogen) atoms. The second kappa shape index (κ2) is 13.1. The zero-order chi connectivity index (χ0) is 30.6. The molecule has 3 heterocycles. The number of piperidine rings is 1. The summed E-state index contributed by atoms with van der Waals surface area (Å²) in [5, 5.41) is 0.817. The summed E-state index contributed by atoms with van der Waals surface area (Å²) >= 11 is 1.48. The molecule has 0 aliphatic carbocycles. The minimum atomic E-state index is -0.0883. The highest BCUT2D eigenvalue weighted by atomic mass is 32.2. The Morgan fingerprint density at radius 3 is 2.20 bits per heavy atom. The number of nitrogens with zero attached hydrogens (tertiary/aromatic N) is 4. The first kappa shape index (κ1) is 29.6. The van der Waals surface area contributed by atoms with Crippen LogP contribution in [0.4, 0.5) is 0 Å². The molecule has 0 saturated carbocycles. The zero-order valence-electron chi connectivity index (χ0n) is 25.3. The van der Waals surface area contributed by atoms with Crippen LogP contribution in [0.1, 0.15) is 32.2 Å². The van der Waals surface area contributed by atoms with Crippen LogP contribution in [0, 0.1) is 0 Å². The average molecular weight is 612 g/mol. The first-order valence-corrected chi connectivity index (χ1v) is 16.0. The highest BCUT2D eigenvalue weighted by Crippen LogP contribution is 2.37. The molecule has 1 fully saturated rings. The fourth-order valence-corrected chi connectivity index (χ4v) is 6.92. The summed E-state index contributed by atoms with van der Waals surface area (Å²) in [7, 11) is 3.32. The number of ether oxygens (including phenoxy) is 2. The van der Waals surface area contributed by atoms with Crippen molar-refractivity contribution >= 4 is 28.7 Å². The Bertz CT molecular complexity index is 1800. The van der Waals surface area contributed by atoms with Gasteiger partial charge >= 0.3 is 5.69 Å². The minimum Gasteiger partial charge on any atom is -0.497 e. The van der Waals surface area contributed by atoms with Crippen LogP contribution in [0.3, 0.4) is 0 Å². The number of H-pyrrole nitrogens is 1. The molecule has 1 amide bonds. The topological polar surface area (TPSA) is 94.4 Å². The van der Waals surface area contributed by atoms with Crippen molar-refractivity contribution in [3.8, 4) is 34.0 Å². The van der Waals surface area contributed by atoms with Gasteiger partial charge in [0, 0.05) is 36.8 Å². The van der Waals surface area contributed by atoms with E-state index in [0.717, 1.165) is 76.0 Å². The number of likely N-dealkylation sites (tertiary alicyclic amines) is 1. The quantitative estimate of drug-likeness (QED) is 0.188. The number of thioether (sulfide) groups is 1. The van der Waals surface area contributed by atoms with Gasteiger partial charge in [0.25, 0.3) is 0 Å². The fourth-order valence-electron chi connectivity index (χ4n) is 5.99. The second-order valence-electron chi connectivity index (χ2n) is 10.9. The molecule has 228 valence electrons. The Kier molecular flexibility index (Phi) is 8.79. The Labute approximate surface area is 260 Å². The van der Waals surface area contributed by atoms with Crippen molar-refractivity contribution in [1.29, 1.82) is 0 Å². The molecule has 0 bridgehead atoms. The van der Waals surface area contributed by atoms with E-state index in [-0.39, 0.29) is 17.6 Å². The molecular weight excluding hydrogens is 574 g/mol. The molecule has 9 nitrogen and oxygen atoms in total.